The Morgan fingerprint density at radius 2 is 1.97 bits per heavy atom. The van der Waals surface area contributed by atoms with Gasteiger partial charge in [0, 0.05) is 43.7 Å². The Balaban J connectivity index is 1.47. The zero-order chi connectivity index (χ0) is 22.6. The predicted octanol–water partition coefficient (Wildman–Crippen LogP) is 2.22. The highest BCUT2D eigenvalue weighted by atomic mass is 16.5. The zero-order valence-electron chi connectivity index (χ0n) is 18.6. The van der Waals surface area contributed by atoms with Crippen LogP contribution in [0.5, 0.6) is 5.75 Å². The van der Waals surface area contributed by atoms with Crippen LogP contribution in [0.15, 0.2) is 47.2 Å². The Morgan fingerprint density at radius 1 is 1.12 bits per heavy atom. The van der Waals surface area contributed by atoms with Gasteiger partial charge in [-0.15, -0.1) is 0 Å². The quantitative estimate of drug-likeness (QED) is 0.294. The molecule has 0 saturated carbocycles. The van der Waals surface area contributed by atoms with E-state index in [0.29, 0.717) is 25.5 Å². The minimum atomic E-state index is -0.129. The van der Waals surface area contributed by atoms with Crippen LogP contribution < -0.4 is 21.5 Å². The highest BCUT2D eigenvalue weighted by Crippen LogP contribution is 2.19. The van der Waals surface area contributed by atoms with E-state index in [4.69, 9.17) is 20.7 Å². The molecule has 0 aliphatic carbocycles. The summed E-state index contributed by atoms with van der Waals surface area (Å²) in [4.78, 5) is 4.25. The third-order valence-electron chi connectivity index (χ3n) is 5.06. The van der Waals surface area contributed by atoms with E-state index in [1.54, 1.807) is 6.20 Å². The molecule has 1 unspecified atom stereocenters. The summed E-state index contributed by atoms with van der Waals surface area (Å²) in [5.41, 5.74) is 13.0. The number of aromatic nitrogens is 3. The number of nitrogens with one attached hydrogen (secondary N) is 1. The second kappa shape index (κ2) is 12.7. The first-order chi connectivity index (χ1) is 15.7. The lowest BCUT2D eigenvalue weighted by molar-refractivity contribution is 0.305. The lowest BCUT2D eigenvalue weighted by Crippen LogP contribution is -2.23. The van der Waals surface area contributed by atoms with Crippen molar-refractivity contribution in [2.75, 3.05) is 32.8 Å². The molecule has 2 aromatic heterocycles. The van der Waals surface area contributed by atoms with Crippen molar-refractivity contribution in [1.29, 1.82) is 0 Å². The Kier molecular flexibility index (Phi) is 9.32. The van der Waals surface area contributed by atoms with Gasteiger partial charge in [0.25, 0.3) is 0 Å². The molecule has 3 aromatic rings. The summed E-state index contributed by atoms with van der Waals surface area (Å²) in [7, 11) is 0. The minimum absolute atomic E-state index is 0.129. The summed E-state index contributed by atoms with van der Waals surface area (Å²) in [6.45, 7) is 5.60. The maximum absolute atomic E-state index is 5.94. The van der Waals surface area contributed by atoms with Crippen LogP contribution in [-0.4, -0.2) is 47.5 Å². The molecule has 8 heteroatoms. The average molecular weight is 437 g/mol. The van der Waals surface area contributed by atoms with Crippen LogP contribution in [0.1, 0.15) is 48.1 Å². The molecule has 1 atom stereocenters. The Bertz CT molecular complexity index is 999. The summed E-state index contributed by atoms with van der Waals surface area (Å²) in [6, 6.07) is 9.44. The van der Waals surface area contributed by atoms with E-state index in [1.165, 1.54) is 0 Å². The molecule has 2 heterocycles. The van der Waals surface area contributed by atoms with Crippen LogP contribution >= 0.6 is 0 Å². The molecule has 0 amide bonds. The molecular formula is C24H32N6O2. The molecule has 5 N–H and O–H groups in total. The summed E-state index contributed by atoms with van der Waals surface area (Å²) < 4.78 is 13.2. The number of nitrogens with zero attached hydrogens (tertiary/aromatic N) is 3. The van der Waals surface area contributed by atoms with Gasteiger partial charge in [0.2, 0.25) is 5.76 Å². The third kappa shape index (κ3) is 6.95. The largest absolute Gasteiger partial charge is 0.494 e. The number of hydrogen-bond donors (Lipinski definition) is 3. The number of hydrogen-bond acceptors (Lipinski definition) is 7. The molecule has 170 valence electrons. The van der Waals surface area contributed by atoms with Gasteiger partial charge in [-0.05, 0) is 62.9 Å². The Morgan fingerprint density at radius 3 is 2.69 bits per heavy atom. The Labute approximate surface area is 189 Å². The summed E-state index contributed by atoms with van der Waals surface area (Å²) in [6.07, 6.45) is 6.93. The van der Waals surface area contributed by atoms with Crippen molar-refractivity contribution < 1.29 is 9.26 Å². The number of nitrogens with two attached hydrogens (primary N) is 2. The van der Waals surface area contributed by atoms with Gasteiger partial charge in [0.05, 0.1) is 12.6 Å². The van der Waals surface area contributed by atoms with Gasteiger partial charge in [-0.1, -0.05) is 11.1 Å². The number of benzene rings is 1. The van der Waals surface area contributed by atoms with Gasteiger partial charge in [0.1, 0.15) is 17.3 Å². The van der Waals surface area contributed by atoms with Gasteiger partial charge in [0.15, 0.2) is 0 Å². The average Bonchev–Trinajstić information content (AvgIpc) is 3.45. The second-order valence-electron chi connectivity index (χ2n) is 7.47. The van der Waals surface area contributed by atoms with Crippen LogP contribution in [0.25, 0.3) is 0 Å². The first-order valence-corrected chi connectivity index (χ1v) is 11.0. The van der Waals surface area contributed by atoms with E-state index in [0.717, 1.165) is 55.2 Å². The standard InChI is InChI=1S/C24H32N6O2/c1-19-28-14-15-30(19)24(18-26)23-17-22(32-29-23)10-7-20-5-8-21(9-6-20)31-16-4-2-3-12-27-13-11-25/h5-6,8-9,14-15,17,24,27H,2-4,11-13,16,18,25-26H2,1H3. The molecule has 32 heavy (non-hydrogen) atoms. The maximum Gasteiger partial charge on any atom is 0.210 e. The number of unbranched alkanes of at least 4 members (excludes halogenated alkanes) is 2. The van der Waals surface area contributed by atoms with Crippen LogP contribution in [-0.2, 0) is 0 Å². The van der Waals surface area contributed by atoms with Gasteiger partial charge in [-0.2, -0.15) is 0 Å². The van der Waals surface area contributed by atoms with Crippen LogP contribution in [0.3, 0.4) is 0 Å². The van der Waals surface area contributed by atoms with Crippen molar-refractivity contribution in [2.45, 2.75) is 32.2 Å². The van der Waals surface area contributed by atoms with E-state index < -0.39 is 0 Å². The van der Waals surface area contributed by atoms with Crippen LogP contribution in [0.2, 0.25) is 0 Å². The fraction of sp³-hybridized carbons (Fsp3) is 0.417. The second-order valence-corrected chi connectivity index (χ2v) is 7.47. The van der Waals surface area contributed by atoms with Crippen molar-refractivity contribution in [3.8, 4) is 17.6 Å². The smallest absolute Gasteiger partial charge is 0.210 e. The molecule has 0 saturated heterocycles. The van der Waals surface area contributed by atoms with Crippen molar-refractivity contribution in [1.82, 2.24) is 20.0 Å². The highest BCUT2D eigenvalue weighted by Gasteiger charge is 2.17. The first kappa shape index (κ1) is 23.5. The molecule has 0 fully saturated rings. The summed E-state index contributed by atoms with van der Waals surface area (Å²) >= 11 is 0. The number of aryl methyl sites for hydroxylation is 1. The predicted molar refractivity (Wildman–Crippen MR) is 124 cm³/mol. The molecular weight excluding hydrogens is 404 g/mol. The van der Waals surface area contributed by atoms with Crippen LogP contribution in [0, 0.1) is 18.8 Å². The number of imidazole rings is 1. The Hall–Kier alpha value is -3.12. The molecule has 1 aromatic carbocycles. The van der Waals surface area contributed by atoms with Crippen LogP contribution in [0.4, 0.5) is 0 Å². The molecule has 0 bridgehead atoms. The van der Waals surface area contributed by atoms with Crippen molar-refractivity contribution in [3.05, 3.63) is 65.6 Å². The number of ether oxygens (including phenoxy) is 1. The lowest BCUT2D eigenvalue weighted by atomic mass is 10.2. The van der Waals surface area contributed by atoms with Gasteiger partial charge in [-0.3, -0.25) is 0 Å². The van der Waals surface area contributed by atoms with E-state index in [1.807, 2.05) is 48.0 Å². The summed E-state index contributed by atoms with van der Waals surface area (Å²) in [5, 5.41) is 7.44. The molecule has 8 nitrogen and oxygen atoms in total. The fourth-order valence-electron chi connectivity index (χ4n) is 3.31. The van der Waals surface area contributed by atoms with Crippen molar-refractivity contribution in [3.63, 3.8) is 0 Å². The van der Waals surface area contributed by atoms with Gasteiger partial charge in [-0.25, -0.2) is 4.98 Å². The normalized spacial score (nSPS) is 11.7. The first-order valence-electron chi connectivity index (χ1n) is 11.0. The zero-order valence-corrected chi connectivity index (χ0v) is 18.6. The minimum Gasteiger partial charge on any atom is -0.494 e. The van der Waals surface area contributed by atoms with Crippen molar-refractivity contribution in [2.24, 2.45) is 11.5 Å². The third-order valence-corrected chi connectivity index (χ3v) is 5.06. The number of rotatable bonds is 12. The van der Waals surface area contributed by atoms with Gasteiger partial charge >= 0.3 is 0 Å². The topological polar surface area (TPSA) is 117 Å². The molecule has 0 radical (unpaired) electrons. The summed E-state index contributed by atoms with van der Waals surface area (Å²) in [5.74, 6) is 8.34. The molecule has 3 rings (SSSR count). The van der Waals surface area contributed by atoms with E-state index in [9.17, 15) is 0 Å². The SMILES string of the molecule is Cc1nccn1C(CN)c1cc(C#Cc2ccc(OCCCCCNCCN)cc2)on1. The maximum atomic E-state index is 5.94. The van der Waals surface area contributed by atoms with E-state index >= 15 is 0 Å². The molecule has 0 spiro atoms. The highest BCUT2D eigenvalue weighted by molar-refractivity contribution is 5.42. The van der Waals surface area contributed by atoms with E-state index in [2.05, 4.69) is 27.3 Å². The van der Waals surface area contributed by atoms with Crippen molar-refractivity contribution >= 4 is 0 Å². The monoisotopic (exact) mass is 436 g/mol. The molecule has 0 aliphatic rings. The van der Waals surface area contributed by atoms with Gasteiger partial charge < -0.3 is 30.6 Å². The van der Waals surface area contributed by atoms with E-state index in [-0.39, 0.29) is 6.04 Å². The fourth-order valence-corrected chi connectivity index (χ4v) is 3.31. The molecule has 0 aliphatic heterocycles. The lowest BCUT2D eigenvalue weighted by Gasteiger charge is -2.14.